The fraction of sp³-hybridized carbons (Fsp3) is 0.500. The monoisotopic (exact) mass is 343 g/mol. The maximum Gasteiger partial charge on any atom is 0.329 e. The SMILES string of the molecule is CCC(C(=O)OC1CCCCC1)n1cc(C=O)c2cc(OC)ccc21. The van der Waals surface area contributed by atoms with Crippen LogP contribution in [0.1, 0.15) is 61.8 Å². The molecule has 0 N–H and O–H groups in total. The number of carbonyl (C=O) groups is 2. The van der Waals surface area contributed by atoms with Crippen molar-refractivity contribution in [1.29, 1.82) is 0 Å². The van der Waals surface area contributed by atoms with Crippen LogP contribution in [0.5, 0.6) is 5.75 Å². The molecule has 1 aromatic heterocycles. The van der Waals surface area contributed by atoms with Crippen molar-refractivity contribution in [3.05, 3.63) is 30.0 Å². The molecule has 1 saturated carbocycles. The highest BCUT2D eigenvalue weighted by molar-refractivity contribution is 5.99. The van der Waals surface area contributed by atoms with Gasteiger partial charge in [-0.3, -0.25) is 4.79 Å². The topological polar surface area (TPSA) is 57.5 Å². The Labute approximate surface area is 147 Å². The lowest BCUT2D eigenvalue weighted by atomic mass is 9.98. The molecule has 0 radical (unpaired) electrons. The first-order chi connectivity index (χ1) is 12.2. The Morgan fingerprint density at radius 2 is 2.08 bits per heavy atom. The zero-order chi connectivity index (χ0) is 17.8. The van der Waals surface area contributed by atoms with Gasteiger partial charge in [-0.15, -0.1) is 0 Å². The number of rotatable bonds is 6. The van der Waals surface area contributed by atoms with Crippen molar-refractivity contribution in [2.24, 2.45) is 0 Å². The molecule has 5 nitrogen and oxygen atoms in total. The number of aromatic nitrogens is 1. The summed E-state index contributed by atoms with van der Waals surface area (Å²) in [6.07, 6.45) is 8.56. The quantitative estimate of drug-likeness (QED) is 0.580. The molecule has 0 aliphatic heterocycles. The van der Waals surface area contributed by atoms with Gasteiger partial charge in [0, 0.05) is 22.7 Å². The van der Waals surface area contributed by atoms with Crippen LogP contribution >= 0.6 is 0 Å². The summed E-state index contributed by atoms with van der Waals surface area (Å²) in [5, 5.41) is 0.790. The molecule has 0 saturated heterocycles. The third-order valence-electron chi connectivity index (χ3n) is 5.03. The van der Waals surface area contributed by atoms with Gasteiger partial charge in [0.25, 0.3) is 0 Å². The predicted octanol–water partition coefficient (Wildman–Crippen LogP) is 4.29. The number of hydrogen-bond acceptors (Lipinski definition) is 4. The molecule has 1 aliphatic carbocycles. The van der Waals surface area contributed by atoms with E-state index in [1.807, 2.05) is 29.7 Å². The van der Waals surface area contributed by atoms with E-state index in [-0.39, 0.29) is 12.1 Å². The van der Waals surface area contributed by atoms with Crippen LogP contribution in [-0.2, 0) is 9.53 Å². The highest BCUT2D eigenvalue weighted by Crippen LogP contribution is 2.30. The Bertz CT molecular complexity index is 758. The number of ether oxygens (including phenoxy) is 2. The van der Waals surface area contributed by atoms with Gasteiger partial charge in [0.15, 0.2) is 6.29 Å². The summed E-state index contributed by atoms with van der Waals surface area (Å²) in [7, 11) is 1.59. The van der Waals surface area contributed by atoms with Gasteiger partial charge >= 0.3 is 5.97 Å². The van der Waals surface area contributed by atoms with Crippen LogP contribution in [-0.4, -0.2) is 30.0 Å². The lowest BCUT2D eigenvalue weighted by molar-refractivity contribution is -0.154. The van der Waals surface area contributed by atoms with Crippen LogP contribution < -0.4 is 4.74 Å². The minimum absolute atomic E-state index is 0.0303. The normalized spacial score (nSPS) is 16.6. The molecule has 1 unspecified atom stereocenters. The number of benzene rings is 1. The number of carbonyl (C=O) groups excluding carboxylic acids is 2. The number of hydrogen-bond donors (Lipinski definition) is 0. The molecular weight excluding hydrogens is 318 g/mol. The van der Waals surface area contributed by atoms with E-state index in [2.05, 4.69) is 0 Å². The van der Waals surface area contributed by atoms with Gasteiger partial charge in [0.2, 0.25) is 0 Å². The van der Waals surface area contributed by atoms with Crippen LogP contribution in [0.2, 0.25) is 0 Å². The number of aldehydes is 1. The van der Waals surface area contributed by atoms with Crippen molar-refractivity contribution in [2.45, 2.75) is 57.6 Å². The molecule has 1 heterocycles. The van der Waals surface area contributed by atoms with Crippen LogP contribution in [0.4, 0.5) is 0 Å². The predicted molar refractivity (Wildman–Crippen MR) is 96.2 cm³/mol. The van der Waals surface area contributed by atoms with Gasteiger partial charge in [-0.1, -0.05) is 13.3 Å². The minimum Gasteiger partial charge on any atom is -0.497 e. The van der Waals surface area contributed by atoms with Crippen LogP contribution in [0, 0.1) is 0 Å². The van der Waals surface area contributed by atoms with Gasteiger partial charge in [-0.2, -0.15) is 0 Å². The highest BCUT2D eigenvalue weighted by Gasteiger charge is 2.26. The van der Waals surface area contributed by atoms with Gasteiger partial charge < -0.3 is 14.0 Å². The average Bonchev–Trinajstić information content (AvgIpc) is 3.01. The molecule has 0 bridgehead atoms. The molecule has 25 heavy (non-hydrogen) atoms. The van der Waals surface area contributed by atoms with E-state index in [0.29, 0.717) is 17.7 Å². The van der Waals surface area contributed by atoms with Crippen molar-refractivity contribution in [2.75, 3.05) is 7.11 Å². The third kappa shape index (κ3) is 3.55. The highest BCUT2D eigenvalue weighted by atomic mass is 16.5. The fourth-order valence-electron chi connectivity index (χ4n) is 3.64. The van der Waals surface area contributed by atoms with E-state index in [1.54, 1.807) is 13.3 Å². The van der Waals surface area contributed by atoms with E-state index >= 15 is 0 Å². The Morgan fingerprint density at radius 3 is 2.72 bits per heavy atom. The largest absolute Gasteiger partial charge is 0.497 e. The van der Waals surface area contributed by atoms with Crippen molar-refractivity contribution in [1.82, 2.24) is 4.57 Å². The second-order valence-corrected chi connectivity index (χ2v) is 6.61. The number of methoxy groups -OCH3 is 1. The van der Waals surface area contributed by atoms with Crippen molar-refractivity contribution in [3.8, 4) is 5.75 Å². The van der Waals surface area contributed by atoms with Crippen molar-refractivity contribution >= 4 is 23.2 Å². The average molecular weight is 343 g/mol. The molecule has 1 aromatic carbocycles. The lowest BCUT2D eigenvalue weighted by Gasteiger charge is -2.25. The summed E-state index contributed by atoms with van der Waals surface area (Å²) >= 11 is 0. The summed E-state index contributed by atoms with van der Waals surface area (Å²) in [5.41, 5.74) is 1.40. The minimum atomic E-state index is -0.425. The third-order valence-corrected chi connectivity index (χ3v) is 5.03. The van der Waals surface area contributed by atoms with E-state index in [1.165, 1.54) is 6.42 Å². The lowest BCUT2D eigenvalue weighted by Crippen LogP contribution is -2.27. The van der Waals surface area contributed by atoms with E-state index < -0.39 is 6.04 Å². The van der Waals surface area contributed by atoms with E-state index in [9.17, 15) is 9.59 Å². The molecule has 1 aliphatic rings. The maximum atomic E-state index is 12.8. The zero-order valence-corrected chi connectivity index (χ0v) is 14.9. The fourth-order valence-corrected chi connectivity index (χ4v) is 3.64. The summed E-state index contributed by atoms with van der Waals surface area (Å²) in [4.78, 5) is 24.2. The van der Waals surface area contributed by atoms with Crippen LogP contribution in [0.3, 0.4) is 0 Å². The smallest absolute Gasteiger partial charge is 0.329 e. The summed E-state index contributed by atoms with van der Waals surface area (Å²) in [6, 6.07) is 5.13. The summed E-state index contributed by atoms with van der Waals surface area (Å²) in [6.45, 7) is 1.96. The first-order valence-electron chi connectivity index (χ1n) is 9.02. The summed E-state index contributed by atoms with van der Waals surface area (Å²) < 4.78 is 12.9. The number of fused-ring (bicyclic) bond motifs is 1. The van der Waals surface area contributed by atoms with Gasteiger partial charge in [-0.25, -0.2) is 4.79 Å². The van der Waals surface area contributed by atoms with Crippen molar-refractivity contribution in [3.63, 3.8) is 0 Å². The number of esters is 1. The van der Waals surface area contributed by atoms with E-state index in [4.69, 9.17) is 9.47 Å². The molecule has 5 heteroatoms. The first-order valence-corrected chi connectivity index (χ1v) is 9.02. The van der Waals surface area contributed by atoms with E-state index in [0.717, 1.165) is 42.9 Å². The molecule has 1 fully saturated rings. The maximum absolute atomic E-state index is 12.8. The number of nitrogens with zero attached hydrogens (tertiary/aromatic N) is 1. The van der Waals surface area contributed by atoms with Crippen LogP contribution in [0.15, 0.2) is 24.4 Å². The Balaban J connectivity index is 1.91. The van der Waals surface area contributed by atoms with Crippen molar-refractivity contribution < 1.29 is 19.1 Å². The summed E-state index contributed by atoms with van der Waals surface area (Å²) in [5.74, 6) is 0.478. The van der Waals surface area contributed by atoms with Gasteiger partial charge in [-0.05, 0) is 50.3 Å². The molecule has 1 atom stereocenters. The Kier molecular flexibility index (Phi) is 5.41. The molecule has 0 spiro atoms. The zero-order valence-electron chi connectivity index (χ0n) is 14.9. The molecular formula is C20H25NO4. The standard InChI is InChI=1S/C20H25NO4/c1-3-18(20(23)25-15-7-5-4-6-8-15)21-12-14(13-22)17-11-16(24-2)9-10-19(17)21/h9-13,15,18H,3-8H2,1-2H3. The molecule has 3 rings (SSSR count). The Morgan fingerprint density at radius 1 is 1.32 bits per heavy atom. The molecule has 2 aromatic rings. The first kappa shape index (κ1) is 17.5. The van der Waals surface area contributed by atoms with Crippen LogP contribution in [0.25, 0.3) is 10.9 Å². The van der Waals surface area contributed by atoms with Gasteiger partial charge in [0.05, 0.1) is 7.11 Å². The molecule has 0 amide bonds. The Hall–Kier alpha value is -2.30. The van der Waals surface area contributed by atoms with Gasteiger partial charge in [0.1, 0.15) is 17.9 Å². The molecule has 134 valence electrons. The second-order valence-electron chi connectivity index (χ2n) is 6.61. The second kappa shape index (κ2) is 7.72.